The lowest BCUT2D eigenvalue weighted by Gasteiger charge is -2.24. The van der Waals surface area contributed by atoms with Gasteiger partial charge in [-0.2, -0.15) is 0 Å². The van der Waals surface area contributed by atoms with E-state index in [1.807, 2.05) is 0 Å². The number of esters is 1. The summed E-state index contributed by atoms with van der Waals surface area (Å²) in [5.41, 5.74) is 0. The van der Waals surface area contributed by atoms with Gasteiger partial charge < -0.3 is 20.3 Å². The molecular formula is C57H101NO5. The molecule has 3 atom stereocenters. The Morgan fingerprint density at radius 2 is 0.857 bits per heavy atom. The van der Waals surface area contributed by atoms with Crippen LogP contribution in [-0.4, -0.2) is 46.9 Å². The maximum atomic E-state index is 13.2. The van der Waals surface area contributed by atoms with Crippen molar-refractivity contribution in [2.24, 2.45) is 0 Å². The summed E-state index contributed by atoms with van der Waals surface area (Å²) in [5, 5.41) is 23.7. The van der Waals surface area contributed by atoms with Crippen LogP contribution in [0.3, 0.4) is 0 Å². The molecule has 0 radical (unpaired) electrons. The summed E-state index contributed by atoms with van der Waals surface area (Å²) < 4.78 is 5.93. The van der Waals surface area contributed by atoms with Crippen molar-refractivity contribution in [3.8, 4) is 0 Å². The Kier molecular flexibility index (Phi) is 48.1. The second-order valence-electron chi connectivity index (χ2n) is 17.9. The fourth-order valence-electron chi connectivity index (χ4n) is 7.75. The lowest BCUT2D eigenvalue weighted by molar-refractivity contribution is -0.151. The molecule has 0 saturated heterocycles. The minimum absolute atomic E-state index is 0.0547. The number of rotatable bonds is 47. The maximum Gasteiger partial charge on any atom is 0.306 e. The molecule has 364 valence electrons. The van der Waals surface area contributed by atoms with E-state index in [2.05, 4.69) is 99.0 Å². The van der Waals surface area contributed by atoms with Gasteiger partial charge in [0.1, 0.15) is 6.10 Å². The molecule has 6 nitrogen and oxygen atoms in total. The van der Waals surface area contributed by atoms with E-state index in [-0.39, 0.29) is 24.9 Å². The summed E-state index contributed by atoms with van der Waals surface area (Å²) in [7, 11) is 0. The van der Waals surface area contributed by atoms with Gasteiger partial charge in [0.05, 0.1) is 25.2 Å². The van der Waals surface area contributed by atoms with Gasteiger partial charge in [0.15, 0.2) is 0 Å². The molecule has 0 bridgehead atoms. The van der Waals surface area contributed by atoms with Gasteiger partial charge in [-0.15, -0.1) is 0 Å². The quantitative estimate of drug-likeness (QED) is 0.0321. The largest absolute Gasteiger partial charge is 0.462 e. The van der Waals surface area contributed by atoms with E-state index in [0.29, 0.717) is 19.3 Å². The number of hydrogen-bond acceptors (Lipinski definition) is 5. The number of aliphatic hydroxyl groups excluding tert-OH is 2. The van der Waals surface area contributed by atoms with Crippen molar-refractivity contribution >= 4 is 11.9 Å². The topological polar surface area (TPSA) is 95.9 Å². The average molecular weight is 880 g/mol. The molecule has 63 heavy (non-hydrogen) atoms. The highest BCUT2D eigenvalue weighted by atomic mass is 16.5. The van der Waals surface area contributed by atoms with Crippen molar-refractivity contribution in [2.75, 3.05) is 6.61 Å². The van der Waals surface area contributed by atoms with Gasteiger partial charge in [0.2, 0.25) is 5.91 Å². The van der Waals surface area contributed by atoms with Gasteiger partial charge in [-0.3, -0.25) is 9.59 Å². The number of amides is 1. The van der Waals surface area contributed by atoms with Crippen LogP contribution in [0.2, 0.25) is 0 Å². The van der Waals surface area contributed by atoms with Gasteiger partial charge in [-0.05, 0) is 96.3 Å². The second-order valence-corrected chi connectivity index (χ2v) is 17.9. The third-order valence-electron chi connectivity index (χ3n) is 11.8. The predicted octanol–water partition coefficient (Wildman–Crippen LogP) is 16.2. The average Bonchev–Trinajstić information content (AvgIpc) is 3.28. The van der Waals surface area contributed by atoms with Gasteiger partial charge in [-0.25, -0.2) is 0 Å². The highest BCUT2D eigenvalue weighted by Gasteiger charge is 2.24. The zero-order chi connectivity index (χ0) is 45.9. The zero-order valence-electron chi connectivity index (χ0n) is 41.4. The van der Waals surface area contributed by atoms with E-state index in [0.717, 1.165) is 109 Å². The van der Waals surface area contributed by atoms with Crippen molar-refractivity contribution in [3.63, 3.8) is 0 Å². The predicted molar refractivity (Wildman–Crippen MR) is 273 cm³/mol. The summed E-state index contributed by atoms with van der Waals surface area (Å²) in [5.74, 6) is -0.511. The molecule has 0 spiro atoms. The Morgan fingerprint density at radius 1 is 0.476 bits per heavy atom. The number of aliphatic hydroxyl groups is 2. The molecule has 0 heterocycles. The summed E-state index contributed by atoms with van der Waals surface area (Å²) in [6, 6.07) is -0.714. The van der Waals surface area contributed by atoms with Crippen molar-refractivity contribution in [3.05, 3.63) is 72.9 Å². The molecular weight excluding hydrogens is 779 g/mol. The normalized spacial score (nSPS) is 13.8. The summed E-state index contributed by atoms with van der Waals surface area (Å²) in [6.07, 6.45) is 63.9. The van der Waals surface area contributed by atoms with Gasteiger partial charge >= 0.3 is 5.97 Å². The molecule has 3 unspecified atom stereocenters. The van der Waals surface area contributed by atoms with Crippen LogP contribution < -0.4 is 5.32 Å². The van der Waals surface area contributed by atoms with Crippen molar-refractivity contribution in [2.45, 2.75) is 270 Å². The molecule has 6 heteroatoms. The van der Waals surface area contributed by atoms with Gasteiger partial charge in [-0.1, -0.05) is 216 Å². The van der Waals surface area contributed by atoms with Gasteiger partial charge in [0, 0.05) is 6.42 Å². The molecule has 0 aromatic rings. The number of hydrogen-bond donors (Lipinski definition) is 3. The van der Waals surface area contributed by atoms with E-state index in [4.69, 9.17) is 4.74 Å². The monoisotopic (exact) mass is 880 g/mol. The third kappa shape index (κ3) is 45.7. The molecule has 1 amide bonds. The van der Waals surface area contributed by atoms with Crippen LogP contribution in [-0.2, 0) is 14.3 Å². The SMILES string of the molecule is CC/C=C/C/C=C/C/C=C/CCCCCCC(CC(=O)NC(CO)C(O)CCCCCCCCCCCCC)OC(=O)CCCCCCCC/C=C\C/C=C\C/C=C\CCCCC. The van der Waals surface area contributed by atoms with Crippen LogP contribution in [0.5, 0.6) is 0 Å². The first-order chi connectivity index (χ1) is 31.0. The van der Waals surface area contributed by atoms with Crippen LogP contribution in [0.1, 0.15) is 252 Å². The van der Waals surface area contributed by atoms with Crippen LogP contribution in [0, 0.1) is 0 Å². The minimum atomic E-state index is -0.798. The molecule has 0 aliphatic heterocycles. The van der Waals surface area contributed by atoms with E-state index >= 15 is 0 Å². The lowest BCUT2D eigenvalue weighted by Crippen LogP contribution is -2.46. The van der Waals surface area contributed by atoms with Crippen molar-refractivity contribution in [1.29, 1.82) is 0 Å². The van der Waals surface area contributed by atoms with E-state index in [9.17, 15) is 19.8 Å². The number of carbonyl (C=O) groups excluding carboxylic acids is 2. The maximum absolute atomic E-state index is 13.2. The number of carbonyl (C=O) groups is 2. The lowest BCUT2D eigenvalue weighted by atomic mass is 10.0. The van der Waals surface area contributed by atoms with E-state index in [1.165, 1.54) is 96.3 Å². The third-order valence-corrected chi connectivity index (χ3v) is 11.8. The summed E-state index contributed by atoms with van der Waals surface area (Å²) in [6.45, 7) is 6.33. The Morgan fingerprint density at radius 3 is 1.33 bits per heavy atom. The zero-order valence-corrected chi connectivity index (χ0v) is 41.4. The molecule has 0 rings (SSSR count). The minimum Gasteiger partial charge on any atom is -0.462 e. The van der Waals surface area contributed by atoms with E-state index < -0.39 is 18.2 Å². The Labute approximate surface area is 390 Å². The smallest absolute Gasteiger partial charge is 0.306 e. The molecule has 0 aromatic heterocycles. The second kappa shape index (κ2) is 50.3. The number of unbranched alkanes of at least 4 members (excludes halogenated alkanes) is 23. The molecule has 0 aromatic carbocycles. The van der Waals surface area contributed by atoms with Crippen molar-refractivity contribution < 1.29 is 24.5 Å². The number of ether oxygens (including phenoxy) is 1. The molecule has 0 fully saturated rings. The first kappa shape index (κ1) is 60.3. The Bertz CT molecular complexity index is 1170. The number of nitrogens with one attached hydrogen (secondary N) is 1. The summed E-state index contributed by atoms with van der Waals surface area (Å²) >= 11 is 0. The Hall–Kier alpha value is -2.70. The van der Waals surface area contributed by atoms with Gasteiger partial charge in [0.25, 0.3) is 0 Å². The van der Waals surface area contributed by atoms with Crippen LogP contribution in [0.25, 0.3) is 0 Å². The van der Waals surface area contributed by atoms with Crippen LogP contribution in [0.4, 0.5) is 0 Å². The van der Waals surface area contributed by atoms with Crippen LogP contribution in [0.15, 0.2) is 72.9 Å². The van der Waals surface area contributed by atoms with Crippen molar-refractivity contribution in [1.82, 2.24) is 5.32 Å². The molecule has 0 aliphatic rings. The highest BCUT2D eigenvalue weighted by molar-refractivity contribution is 5.77. The first-order valence-electron chi connectivity index (χ1n) is 26.7. The fraction of sp³-hybridized carbons (Fsp3) is 0.754. The standard InChI is InChI=1S/C57H101NO5/c1-4-7-10-13-16-19-22-24-26-27-28-29-30-32-35-38-41-44-47-50-57(62)63-53(48-45-42-39-36-34-31-25-23-20-17-14-11-8-5-2)51-56(61)58-54(52-59)55(60)49-46-43-40-37-33-21-18-15-12-9-6-3/h8,11,16-17,19-20,24-26,28-29,31,53-55,59-60H,4-7,9-10,12-15,18,21-23,27,30,32-52H2,1-3H3,(H,58,61)/b11-8+,19-16-,20-17+,26-24-,29-28-,31-25+. The Balaban J connectivity index is 4.61. The molecule has 3 N–H and O–H groups in total. The molecule has 0 aliphatic carbocycles. The highest BCUT2D eigenvalue weighted by Crippen LogP contribution is 2.17. The fourth-order valence-corrected chi connectivity index (χ4v) is 7.75. The van der Waals surface area contributed by atoms with E-state index in [1.54, 1.807) is 0 Å². The summed E-state index contributed by atoms with van der Waals surface area (Å²) in [4.78, 5) is 26.2. The molecule has 0 saturated carbocycles. The van der Waals surface area contributed by atoms with Crippen LogP contribution >= 0.6 is 0 Å². The number of allylic oxidation sites excluding steroid dienone is 12. The first-order valence-corrected chi connectivity index (χ1v) is 26.7.